The van der Waals surface area contributed by atoms with Crippen molar-refractivity contribution in [2.75, 3.05) is 0 Å². The molecule has 0 spiro atoms. The van der Waals surface area contributed by atoms with E-state index in [4.69, 9.17) is 5.11 Å². The highest BCUT2D eigenvalue weighted by Crippen LogP contribution is 2.20. The van der Waals surface area contributed by atoms with Gasteiger partial charge in [0.05, 0.1) is 5.57 Å². The lowest BCUT2D eigenvalue weighted by Crippen LogP contribution is -2.00. The van der Waals surface area contributed by atoms with Crippen molar-refractivity contribution in [3.05, 3.63) is 66.8 Å². The average Bonchev–Trinajstić information content (AvgIpc) is 2.26. The molecule has 0 aliphatic rings. The molecule has 0 bridgehead atoms. The lowest BCUT2D eigenvalue weighted by atomic mass is 10.00. The van der Waals surface area contributed by atoms with Crippen LogP contribution in [-0.4, -0.2) is 11.1 Å². The van der Waals surface area contributed by atoms with Crippen LogP contribution < -0.4 is 0 Å². The molecule has 0 aromatic heterocycles. The van der Waals surface area contributed by atoms with E-state index in [9.17, 15) is 4.79 Å². The highest BCUT2D eigenvalue weighted by Gasteiger charge is 2.09. The molecule has 0 aliphatic carbocycles. The lowest BCUT2D eigenvalue weighted by Gasteiger charge is -2.05. The van der Waals surface area contributed by atoms with Gasteiger partial charge < -0.3 is 5.11 Å². The molecule has 1 N–H and O–H groups in total. The first-order chi connectivity index (χ1) is 7.20. The van der Waals surface area contributed by atoms with Gasteiger partial charge in [0.15, 0.2) is 0 Å². The minimum atomic E-state index is -0.997. The van der Waals surface area contributed by atoms with Gasteiger partial charge in [-0.15, -0.1) is 0 Å². The second kappa shape index (κ2) is 4.96. The maximum absolute atomic E-state index is 10.9. The van der Waals surface area contributed by atoms with Gasteiger partial charge in [-0.1, -0.05) is 55.6 Å². The first-order valence-corrected chi connectivity index (χ1v) is 4.48. The normalized spacial score (nSPS) is 11.5. The summed E-state index contributed by atoms with van der Waals surface area (Å²) in [6.07, 6.45) is 2.85. The molecule has 0 unspecified atom stereocenters. The molecule has 2 heteroatoms. The number of benzene rings is 1. The lowest BCUT2D eigenvalue weighted by molar-refractivity contribution is -0.132. The molecular weight excluding hydrogens is 188 g/mol. The Labute approximate surface area is 88.9 Å². The van der Waals surface area contributed by atoms with Gasteiger partial charge in [0, 0.05) is 0 Å². The first kappa shape index (κ1) is 11.0. The number of hydrogen-bond acceptors (Lipinski definition) is 1. The number of hydrogen-bond donors (Lipinski definition) is 1. The molecule has 0 radical (unpaired) electrons. The van der Waals surface area contributed by atoms with Gasteiger partial charge in [-0.25, -0.2) is 4.79 Å². The topological polar surface area (TPSA) is 37.3 Å². The quantitative estimate of drug-likeness (QED) is 0.599. The molecule has 0 saturated heterocycles. The van der Waals surface area contributed by atoms with Crippen LogP contribution in [0, 0.1) is 0 Å². The van der Waals surface area contributed by atoms with Crippen LogP contribution in [0.15, 0.2) is 61.2 Å². The zero-order valence-corrected chi connectivity index (χ0v) is 8.31. The summed E-state index contributed by atoms with van der Waals surface area (Å²) in [7, 11) is 0. The van der Waals surface area contributed by atoms with Gasteiger partial charge >= 0.3 is 5.97 Å². The standard InChI is InChI=1S/C13H12O2/c1-3-11(12(4-2)13(14)15)10-8-6-5-7-9-10/h3-9H,1-2H2,(H,14,15). The third-order valence-corrected chi connectivity index (χ3v) is 2.01. The highest BCUT2D eigenvalue weighted by molar-refractivity contribution is 6.01. The van der Waals surface area contributed by atoms with Crippen molar-refractivity contribution < 1.29 is 9.90 Å². The molecule has 1 aromatic rings. The largest absolute Gasteiger partial charge is 0.478 e. The van der Waals surface area contributed by atoms with Crippen LogP contribution in [0.3, 0.4) is 0 Å². The van der Waals surface area contributed by atoms with Crippen molar-refractivity contribution >= 4 is 11.5 Å². The van der Waals surface area contributed by atoms with Crippen molar-refractivity contribution in [2.24, 2.45) is 0 Å². The van der Waals surface area contributed by atoms with Crippen LogP contribution in [-0.2, 0) is 4.79 Å². The molecule has 1 aromatic carbocycles. The van der Waals surface area contributed by atoms with E-state index in [1.54, 1.807) is 0 Å². The fraction of sp³-hybridized carbons (Fsp3) is 0. The van der Waals surface area contributed by atoms with E-state index in [-0.39, 0.29) is 5.57 Å². The van der Waals surface area contributed by atoms with Gasteiger partial charge in [-0.05, 0) is 11.1 Å². The monoisotopic (exact) mass is 200 g/mol. The summed E-state index contributed by atoms with van der Waals surface area (Å²) < 4.78 is 0. The van der Waals surface area contributed by atoms with E-state index in [0.29, 0.717) is 5.57 Å². The Morgan fingerprint density at radius 2 is 1.73 bits per heavy atom. The number of carboxylic acid groups (broad SMARTS) is 1. The number of carbonyl (C=O) groups is 1. The van der Waals surface area contributed by atoms with Gasteiger partial charge in [0.2, 0.25) is 0 Å². The average molecular weight is 200 g/mol. The molecule has 0 fully saturated rings. The molecule has 0 amide bonds. The molecule has 0 aliphatic heterocycles. The zero-order valence-electron chi connectivity index (χ0n) is 8.31. The number of carboxylic acids is 1. The van der Waals surface area contributed by atoms with Crippen molar-refractivity contribution in [1.29, 1.82) is 0 Å². The van der Waals surface area contributed by atoms with E-state index in [2.05, 4.69) is 13.2 Å². The van der Waals surface area contributed by atoms with Gasteiger partial charge in [-0.2, -0.15) is 0 Å². The minimum absolute atomic E-state index is 0.163. The Balaban J connectivity index is 3.35. The Hall–Kier alpha value is -2.09. The molecular formula is C13H12O2. The summed E-state index contributed by atoms with van der Waals surface area (Å²) in [4.78, 5) is 10.9. The summed E-state index contributed by atoms with van der Waals surface area (Å²) in [5.41, 5.74) is 1.57. The third-order valence-electron chi connectivity index (χ3n) is 2.01. The Morgan fingerprint density at radius 3 is 2.13 bits per heavy atom. The Morgan fingerprint density at radius 1 is 1.13 bits per heavy atom. The number of rotatable bonds is 4. The van der Waals surface area contributed by atoms with E-state index < -0.39 is 5.97 Å². The van der Waals surface area contributed by atoms with Gasteiger partial charge in [-0.3, -0.25) is 0 Å². The van der Waals surface area contributed by atoms with Crippen LogP contribution in [0.2, 0.25) is 0 Å². The molecule has 2 nitrogen and oxygen atoms in total. The molecule has 15 heavy (non-hydrogen) atoms. The number of aliphatic carboxylic acids is 1. The van der Waals surface area contributed by atoms with E-state index in [1.165, 1.54) is 12.2 Å². The molecule has 0 heterocycles. The predicted molar refractivity (Wildman–Crippen MR) is 61.4 cm³/mol. The van der Waals surface area contributed by atoms with Gasteiger partial charge in [0.1, 0.15) is 0 Å². The Kier molecular flexibility index (Phi) is 3.63. The fourth-order valence-corrected chi connectivity index (χ4v) is 1.31. The van der Waals surface area contributed by atoms with Crippen LogP contribution in [0.5, 0.6) is 0 Å². The Bertz CT molecular complexity index is 413. The molecule has 1 rings (SSSR count). The molecule has 76 valence electrons. The summed E-state index contributed by atoms with van der Waals surface area (Å²) in [6.45, 7) is 7.11. The van der Waals surface area contributed by atoms with Gasteiger partial charge in [0.25, 0.3) is 0 Å². The van der Waals surface area contributed by atoms with Crippen molar-refractivity contribution in [3.63, 3.8) is 0 Å². The van der Waals surface area contributed by atoms with Crippen LogP contribution in [0.4, 0.5) is 0 Å². The maximum atomic E-state index is 10.9. The van der Waals surface area contributed by atoms with Crippen LogP contribution in [0.25, 0.3) is 5.57 Å². The predicted octanol–water partition coefficient (Wildman–Crippen LogP) is 2.90. The summed E-state index contributed by atoms with van der Waals surface area (Å²) >= 11 is 0. The maximum Gasteiger partial charge on any atom is 0.336 e. The van der Waals surface area contributed by atoms with Crippen LogP contribution in [0.1, 0.15) is 5.56 Å². The number of allylic oxidation sites excluding steroid dienone is 2. The SMILES string of the molecule is C=CC(C(=O)O)=C(C=C)c1ccccc1. The zero-order chi connectivity index (χ0) is 11.3. The van der Waals surface area contributed by atoms with Crippen molar-refractivity contribution in [1.82, 2.24) is 0 Å². The van der Waals surface area contributed by atoms with Crippen molar-refractivity contribution in [2.45, 2.75) is 0 Å². The van der Waals surface area contributed by atoms with E-state index in [0.717, 1.165) is 5.56 Å². The second-order valence-corrected chi connectivity index (χ2v) is 2.91. The fourth-order valence-electron chi connectivity index (χ4n) is 1.31. The molecule has 0 saturated carbocycles. The summed E-state index contributed by atoms with van der Waals surface area (Å²) in [5, 5.41) is 8.96. The summed E-state index contributed by atoms with van der Waals surface area (Å²) in [5.74, 6) is -0.997. The second-order valence-electron chi connectivity index (χ2n) is 2.91. The van der Waals surface area contributed by atoms with E-state index >= 15 is 0 Å². The third kappa shape index (κ3) is 2.44. The molecule has 0 atom stereocenters. The van der Waals surface area contributed by atoms with Crippen molar-refractivity contribution in [3.8, 4) is 0 Å². The first-order valence-electron chi connectivity index (χ1n) is 4.48. The van der Waals surface area contributed by atoms with E-state index in [1.807, 2.05) is 30.3 Å². The van der Waals surface area contributed by atoms with Crippen LogP contribution >= 0.6 is 0 Å². The highest BCUT2D eigenvalue weighted by atomic mass is 16.4. The minimum Gasteiger partial charge on any atom is -0.478 e. The smallest absolute Gasteiger partial charge is 0.336 e. The summed E-state index contributed by atoms with van der Waals surface area (Å²) in [6, 6.07) is 9.24.